The fourth-order valence-electron chi connectivity index (χ4n) is 3.33. The van der Waals surface area contributed by atoms with E-state index in [4.69, 9.17) is 14.2 Å². The molecule has 0 saturated heterocycles. The number of benzene rings is 2. The first-order chi connectivity index (χ1) is 16.2. The summed E-state index contributed by atoms with van der Waals surface area (Å²) in [5, 5.41) is 25.0. The van der Waals surface area contributed by atoms with Crippen molar-refractivity contribution >= 4 is 34.7 Å². The van der Waals surface area contributed by atoms with E-state index in [1.54, 1.807) is 31.4 Å². The van der Waals surface area contributed by atoms with Crippen molar-refractivity contribution in [3.8, 4) is 11.5 Å². The zero-order valence-electron chi connectivity index (χ0n) is 19.5. The summed E-state index contributed by atoms with van der Waals surface area (Å²) in [6.07, 6.45) is 1.53. The van der Waals surface area contributed by atoms with Crippen molar-refractivity contribution in [2.24, 2.45) is 15.4 Å². The van der Waals surface area contributed by atoms with Gasteiger partial charge in [-0.05, 0) is 35.7 Å². The monoisotopic (exact) mass is 489 g/mol. The van der Waals surface area contributed by atoms with Crippen molar-refractivity contribution in [1.29, 1.82) is 0 Å². The predicted octanol–water partition coefficient (Wildman–Crippen LogP) is 0.841. The first-order valence-corrected chi connectivity index (χ1v) is 12.1. The summed E-state index contributed by atoms with van der Waals surface area (Å²) in [5.41, 5.74) is 1.25. The second-order valence-electron chi connectivity index (χ2n) is 7.98. The Morgan fingerprint density at radius 3 is 2.56 bits per heavy atom. The van der Waals surface area contributed by atoms with E-state index in [0.29, 0.717) is 42.4 Å². The van der Waals surface area contributed by atoms with Crippen LogP contribution in [0, 0.1) is 5.92 Å². The highest BCUT2D eigenvalue weighted by atomic mass is 32.2. The third kappa shape index (κ3) is 5.95. The molecule has 182 valence electrons. The Morgan fingerprint density at radius 1 is 1.15 bits per heavy atom. The van der Waals surface area contributed by atoms with E-state index in [1.165, 1.54) is 30.5 Å². The number of rotatable bonds is 10. The highest BCUT2D eigenvalue weighted by molar-refractivity contribution is 7.90. The number of ether oxygens (including phenoxy) is 3. The molecule has 2 aromatic rings. The highest BCUT2D eigenvalue weighted by Crippen LogP contribution is 2.31. The molecule has 0 amide bonds. The fourth-order valence-corrected chi connectivity index (χ4v) is 4.52. The van der Waals surface area contributed by atoms with Gasteiger partial charge in [-0.25, -0.2) is 5.01 Å². The Bertz CT molecular complexity index is 1180. The molecule has 0 fully saturated rings. The molecule has 1 heterocycles. The normalized spacial score (nSPS) is 14.3. The van der Waals surface area contributed by atoms with E-state index in [1.807, 2.05) is 13.8 Å². The molecule has 12 heteroatoms. The number of hydrogen-bond donors (Lipinski definition) is 2. The summed E-state index contributed by atoms with van der Waals surface area (Å²) in [6, 6.07) is 9.48. The standard InChI is InChI=1S/C22H28BN3O7S/c1-15(2)14-26(24-13-16-5-7-19(23(27)28)20(11-16)32-4)22-18-12-17(33-10-9-31-3)6-8-21(18)34(29,30)25-22/h5-8,11-13,15,27-28H,9-10,14H2,1-4H3/b24-13+. The molecule has 1 aliphatic rings. The van der Waals surface area contributed by atoms with Crippen LogP contribution in [0.25, 0.3) is 0 Å². The topological polar surface area (TPSA) is 130 Å². The molecule has 0 spiro atoms. The minimum Gasteiger partial charge on any atom is -0.497 e. The lowest BCUT2D eigenvalue weighted by molar-refractivity contribution is 0.146. The van der Waals surface area contributed by atoms with Crippen LogP contribution in [-0.4, -0.2) is 76.6 Å². The molecule has 3 rings (SSSR count). The van der Waals surface area contributed by atoms with Gasteiger partial charge in [0.25, 0.3) is 10.0 Å². The summed E-state index contributed by atoms with van der Waals surface area (Å²) in [6.45, 7) is 5.10. The van der Waals surface area contributed by atoms with Crippen molar-refractivity contribution in [2.45, 2.75) is 18.7 Å². The van der Waals surface area contributed by atoms with Crippen LogP contribution in [0.2, 0.25) is 0 Å². The molecule has 10 nitrogen and oxygen atoms in total. The smallest absolute Gasteiger partial charge is 0.492 e. The average molecular weight is 489 g/mol. The molecule has 0 bridgehead atoms. The molecule has 2 N–H and O–H groups in total. The Morgan fingerprint density at radius 2 is 1.91 bits per heavy atom. The highest BCUT2D eigenvalue weighted by Gasteiger charge is 2.33. The van der Waals surface area contributed by atoms with Crippen LogP contribution in [-0.2, 0) is 14.8 Å². The van der Waals surface area contributed by atoms with Crippen LogP contribution in [0.3, 0.4) is 0 Å². The van der Waals surface area contributed by atoms with Gasteiger partial charge in [0.15, 0.2) is 5.84 Å². The molecule has 34 heavy (non-hydrogen) atoms. The second kappa shape index (κ2) is 11.0. The molecule has 2 aromatic carbocycles. The van der Waals surface area contributed by atoms with Crippen molar-refractivity contribution in [2.75, 3.05) is 34.0 Å². The SMILES string of the molecule is COCCOc1ccc2c(c1)C(N(CC(C)C)/N=C/c1ccc(B(O)O)c(OC)c1)=NS2(=O)=O. The zero-order valence-corrected chi connectivity index (χ0v) is 20.3. The largest absolute Gasteiger partial charge is 0.497 e. The number of sulfonamides is 1. The number of nitrogens with zero attached hydrogens (tertiary/aromatic N) is 3. The Balaban J connectivity index is 1.97. The van der Waals surface area contributed by atoms with Crippen LogP contribution >= 0.6 is 0 Å². The number of hydrogen-bond acceptors (Lipinski definition) is 9. The van der Waals surface area contributed by atoms with Crippen molar-refractivity contribution < 1.29 is 32.7 Å². The maximum atomic E-state index is 12.7. The number of hydrazone groups is 1. The van der Waals surface area contributed by atoms with Crippen molar-refractivity contribution in [1.82, 2.24) is 5.01 Å². The molecule has 0 atom stereocenters. The van der Waals surface area contributed by atoms with Gasteiger partial charge in [-0.15, -0.1) is 4.40 Å². The molecular formula is C22H28BN3O7S. The van der Waals surface area contributed by atoms with Crippen LogP contribution in [0.1, 0.15) is 25.0 Å². The van der Waals surface area contributed by atoms with Gasteiger partial charge in [-0.2, -0.15) is 13.5 Å². The molecule has 0 saturated carbocycles. The molecule has 0 aromatic heterocycles. The van der Waals surface area contributed by atoms with Crippen molar-refractivity contribution in [3.63, 3.8) is 0 Å². The maximum Gasteiger partial charge on any atom is 0.492 e. The van der Waals surface area contributed by atoms with Gasteiger partial charge in [0.1, 0.15) is 23.0 Å². The lowest BCUT2D eigenvalue weighted by Crippen LogP contribution is -2.31. The van der Waals surface area contributed by atoms with Crippen molar-refractivity contribution in [3.05, 3.63) is 47.5 Å². The minimum atomic E-state index is -3.87. The first-order valence-electron chi connectivity index (χ1n) is 10.6. The van der Waals surface area contributed by atoms with E-state index >= 15 is 0 Å². The van der Waals surface area contributed by atoms with Crippen LogP contribution in [0.15, 0.2) is 50.8 Å². The average Bonchev–Trinajstić information content (AvgIpc) is 3.06. The second-order valence-corrected chi connectivity index (χ2v) is 9.56. The van der Waals surface area contributed by atoms with Gasteiger partial charge in [0.05, 0.1) is 19.9 Å². The van der Waals surface area contributed by atoms with Gasteiger partial charge >= 0.3 is 7.12 Å². The Hall–Kier alpha value is -2.93. The summed E-state index contributed by atoms with van der Waals surface area (Å²) < 4.78 is 45.2. The fraction of sp³-hybridized carbons (Fsp3) is 0.364. The van der Waals surface area contributed by atoms with Gasteiger partial charge < -0.3 is 24.3 Å². The van der Waals surface area contributed by atoms with Crippen LogP contribution in [0.5, 0.6) is 11.5 Å². The van der Waals surface area contributed by atoms with E-state index in [-0.39, 0.29) is 22.1 Å². The maximum absolute atomic E-state index is 12.7. The third-order valence-corrected chi connectivity index (χ3v) is 6.22. The number of amidine groups is 1. The summed E-state index contributed by atoms with van der Waals surface area (Å²) >= 11 is 0. The van der Waals surface area contributed by atoms with E-state index in [9.17, 15) is 18.5 Å². The quantitative estimate of drug-likeness (QED) is 0.217. The Kier molecular flexibility index (Phi) is 8.31. The number of methoxy groups -OCH3 is 2. The van der Waals surface area contributed by atoms with Gasteiger partial charge in [-0.1, -0.05) is 26.0 Å². The van der Waals surface area contributed by atoms with E-state index in [2.05, 4.69) is 9.50 Å². The van der Waals surface area contributed by atoms with Crippen LogP contribution in [0.4, 0.5) is 0 Å². The minimum absolute atomic E-state index is 0.0912. The number of fused-ring (bicyclic) bond motifs is 1. The Labute approximate surface area is 199 Å². The summed E-state index contributed by atoms with van der Waals surface area (Å²) in [5.74, 6) is 1.14. The zero-order chi connectivity index (χ0) is 24.9. The van der Waals surface area contributed by atoms with Crippen LogP contribution < -0.4 is 14.9 Å². The predicted molar refractivity (Wildman–Crippen MR) is 129 cm³/mol. The van der Waals surface area contributed by atoms with Gasteiger partial charge in [-0.3, -0.25) is 0 Å². The van der Waals surface area contributed by atoms with Gasteiger partial charge in [0, 0.05) is 24.7 Å². The molecule has 0 aliphatic carbocycles. The molecular weight excluding hydrogens is 461 g/mol. The molecule has 0 unspecified atom stereocenters. The van der Waals surface area contributed by atoms with Gasteiger partial charge in [0.2, 0.25) is 0 Å². The molecule has 1 aliphatic heterocycles. The lowest BCUT2D eigenvalue weighted by atomic mass is 9.79. The lowest BCUT2D eigenvalue weighted by Gasteiger charge is -2.21. The summed E-state index contributed by atoms with van der Waals surface area (Å²) in [7, 11) is -2.55. The van der Waals surface area contributed by atoms with E-state index in [0.717, 1.165) is 0 Å². The third-order valence-electron chi connectivity index (χ3n) is 4.90. The first kappa shape index (κ1) is 25.7. The van der Waals surface area contributed by atoms with E-state index < -0.39 is 17.1 Å². The summed E-state index contributed by atoms with van der Waals surface area (Å²) in [4.78, 5) is 0.0912. The molecule has 0 radical (unpaired) electrons.